The van der Waals surface area contributed by atoms with E-state index in [2.05, 4.69) is 13.9 Å². The molecule has 2 rings (SSSR count). The van der Waals surface area contributed by atoms with Gasteiger partial charge in [0.25, 0.3) is 0 Å². The average Bonchev–Trinajstić information content (AvgIpc) is 2.77. The molecule has 2 heterocycles. The second-order valence-corrected chi connectivity index (χ2v) is 6.11. The molecule has 10 heteroatoms. The number of halogens is 1. The van der Waals surface area contributed by atoms with Gasteiger partial charge in [-0.1, -0.05) is 0 Å². The summed E-state index contributed by atoms with van der Waals surface area (Å²) < 4.78 is 41.6. The van der Waals surface area contributed by atoms with E-state index in [9.17, 15) is 0 Å². The summed E-state index contributed by atoms with van der Waals surface area (Å²) in [5.41, 5.74) is 1.09. The molecule has 0 radical (unpaired) electrons. The molecule has 0 aliphatic heterocycles. The Morgan fingerprint density at radius 3 is 2.26 bits per heavy atom. The Balaban J connectivity index is 0.000000312. The third kappa shape index (κ3) is 6.68. The van der Waals surface area contributed by atoms with E-state index in [0.29, 0.717) is 0 Å². The number of aromatic nitrogens is 2. The zero-order valence-electron chi connectivity index (χ0n) is 9.98. The van der Waals surface area contributed by atoms with Gasteiger partial charge in [-0.15, -0.1) is 10.2 Å². The van der Waals surface area contributed by atoms with E-state index in [0.717, 1.165) is 10.6 Å². The number of pyridine rings is 1. The van der Waals surface area contributed by atoms with Crippen LogP contribution in [0.5, 0.6) is 0 Å². The first-order chi connectivity index (χ1) is 8.77. The van der Waals surface area contributed by atoms with E-state index in [1.807, 2.05) is 32.4 Å². The Labute approximate surface area is 119 Å². The molecule has 0 bridgehead atoms. The highest BCUT2D eigenvalue weighted by molar-refractivity contribution is 7.25. The zero-order valence-corrected chi connectivity index (χ0v) is 12.4. The Kier molecular flexibility index (Phi) is 5.94. The van der Waals surface area contributed by atoms with Crippen molar-refractivity contribution in [3.05, 3.63) is 28.5 Å². The number of hydrogen-bond donors (Lipinski definition) is 0. The average molecular weight is 324 g/mol. The molecule has 2 aromatic rings. The Morgan fingerprint density at radius 1 is 1.21 bits per heavy atom. The van der Waals surface area contributed by atoms with Crippen molar-refractivity contribution >= 4 is 22.9 Å². The van der Waals surface area contributed by atoms with Crippen LogP contribution in [0.2, 0.25) is 0 Å². The van der Waals surface area contributed by atoms with Crippen molar-refractivity contribution in [3.8, 4) is 10.6 Å². The lowest BCUT2D eigenvalue weighted by molar-refractivity contribution is -2.00. The highest BCUT2D eigenvalue weighted by Crippen LogP contribution is 2.18. The number of hydrogen-bond acceptors (Lipinski definition) is 8. The van der Waals surface area contributed by atoms with Gasteiger partial charge >= 0.3 is 3.98 Å². The summed E-state index contributed by atoms with van der Waals surface area (Å²) in [6.45, 7) is 0. The molecule has 104 valence electrons. The SMILES string of the molecule is C[N+](C)=c1snc(-c2cccnc2)s1.[O-][Cl+3]([O-])([O-])[O-]. The quantitative estimate of drug-likeness (QED) is 0.503. The molecule has 0 amide bonds. The fraction of sp³-hybridized carbons (Fsp3) is 0.222. The summed E-state index contributed by atoms with van der Waals surface area (Å²) in [4.78, 5) is 4.07. The van der Waals surface area contributed by atoms with E-state index < -0.39 is 10.2 Å². The van der Waals surface area contributed by atoms with Gasteiger partial charge in [-0.05, 0) is 23.5 Å². The van der Waals surface area contributed by atoms with Gasteiger partial charge in [-0.25, -0.2) is 23.2 Å². The predicted octanol–water partition coefficient (Wildman–Crippen LogP) is -3.46. The minimum atomic E-state index is -4.94. The molecule has 0 unspecified atom stereocenters. The molecule has 0 saturated heterocycles. The molecular weight excluding hydrogens is 314 g/mol. The Hall–Kier alpha value is -0.940. The van der Waals surface area contributed by atoms with Crippen molar-refractivity contribution in [2.24, 2.45) is 0 Å². The topological polar surface area (TPSA) is 121 Å². The molecule has 0 aliphatic rings. The van der Waals surface area contributed by atoms with Gasteiger partial charge in [0.15, 0.2) is 0 Å². The van der Waals surface area contributed by atoms with Crippen LogP contribution in [0, 0.1) is 10.2 Å². The molecule has 0 aromatic carbocycles. The Morgan fingerprint density at radius 2 is 1.84 bits per heavy atom. The van der Waals surface area contributed by atoms with E-state index in [1.54, 1.807) is 17.5 Å². The third-order valence-electron chi connectivity index (χ3n) is 1.66. The monoisotopic (exact) mass is 323 g/mol. The summed E-state index contributed by atoms with van der Waals surface area (Å²) in [6, 6.07) is 3.95. The molecule has 19 heavy (non-hydrogen) atoms. The van der Waals surface area contributed by atoms with E-state index in [1.165, 1.54) is 15.5 Å². The summed E-state index contributed by atoms with van der Waals surface area (Å²) in [5, 5.41) is 1.03. The van der Waals surface area contributed by atoms with E-state index in [-0.39, 0.29) is 0 Å². The minimum absolute atomic E-state index is 1.03. The van der Waals surface area contributed by atoms with Crippen LogP contribution in [0.25, 0.3) is 10.6 Å². The molecule has 0 saturated carbocycles. The first-order valence-electron chi connectivity index (χ1n) is 4.76. The molecule has 0 spiro atoms. The van der Waals surface area contributed by atoms with Gasteiger partial charge in [-0.3, -0.25) is 4.98 Å². The van der Waals surface area contributed by atoms with Crippen LogP contribution in [0.4, 0.5) is 0 Å². The van der Waals surface area contributed by atoms with Crippen LogP contribution in [0.1, 0.15) is 0 Å². The molecule has 0 fully saturated rings. The highest BCUT2D eigenvalue weighted by Gasteiger charge is 2.05. The zero-order chi connectivity index (χ0) is 14.5. The first kappa shape index (κ1) is 16.1. The van der Waals surface area contributed by atoms with Gasteiger partial charge < -0.3 is 0 Å². The van der Waals surface area contributed by atoms with Crippen LogP contribution < -0.4 is 27.2 Å². The van der Waals surface area contributed by atoms with Crippen molar-refractivity contribution in [1.29, 1.82) is 0 Å². The van der Waals surface area contributed by atoms with Crippen molar-refractivity contribution in [2.45, 2.75) is 0 Å². The first-order valence-corrected chi connectivity index (χ1v) is 7.59. The smallest absolute Gasteiger partial charge is 0.264 e. The maximum Gasteiger partial charge on any atom is 0.333 e. The molecule has 0 aliphatic carbocycles. The van der Waals surface area contributed by atoms with Gasteiger partial charge in [0, 0.05) is 29.5 Å². The second kappa shape index (κ2) is 7.01. The van der Waals surface area contributed by atoms with Crippen LogP contribution in [-0.2, 0) is 0 Å². The summed E-state index contributed by atoms with van der Waals surface area (Å²) in [7, 11) is -0.895. The van der Waals surface area contributed by atoms with Gasteiger partial charge in [-0.2, -0.15) is 4.37 Å². The standard InChI is InChI=1S/C9H10N3S2.ClHO4/c1-12(2)9-13-8(11-14-9)7-4-3-5-10-6-7;2-1(3,4)5/h3-6H,1-2H3;(H,2,3,4,5)/q+1;/p-1. The molecule has 2 aromatic heterocycles. The van der Waals surface area contributed by atoms with Crippen LogP contribution >= 0.6 is 22.9 Å². The lowest BCUT2D eigenvalue weighted by Crippen LogP contribution is -2.68. The highest BCUT2D eigenvalue weighted by atomic mass is 35.7. The molecule has 0 N–H and O–H groups in total. The fourth-order valence-electron chi connectivity index (χ4n) is 0.974. The predicted molar refractivity (Wildman–Crippen MR) is 60.3 cm³/mol. The van der Waals surface area contributed by atoms with Gasteiger partial charge in [0.05, 0.1) is 0 Å². The fourth-order valence-corrected chi connectivity index (χ4v) is 2.75. The molecule has 0 atom stereocenters. The van der Waals surface area contributed by atoms with Crippen molar-refractivity contribution in [3.63, 3.8) is 0 Å². The third-order valence-corrected chi connectivity index (χ3v) is 4.11. The lowest BCUT2D eigenvalue weighted by atomic mass is 10.3. The second-order valence-electron chi connectivity index (χ2n) is 3.37. The minimum Gasteiger partial charge on any atom is -0.264 e. The maximum absolute atomic E-state index is 8.49. The lowest BCUT2D eigenvalue weighted by Gasteiger charge is -2.17. The van der Waals surface area contributed by atoms with Crippen molar-refractivity contribution < 1.29 is 28.9 Å². The molecular formula is C9H10ClN3O4S2. The van der Waals surface area contributed by atoms with E-state index >= 15 is 0 Å². The van der Waals surface area contributed by atoms with Crippen molar-refractivity contribution in [1.82, 2.24) is 13.9 Å². The summed E-state index contributed by atoms with van der Waals surface area (Å²) >= 11 is 3.21. The maximum atomic E-state index is 8.49. The van der Waals surface area contributed by atoms with Crippen LogP contribution in [-0.4, -0.2) is 23.5 Å². The van der Waals surface area contributed by atoms with Crippen LogP contribution in [0.15, 0.2) is 24.5 Å². The summed E-state index contributed by atoms with van der Waals surface area (Å²) in [5.74, 6) is 0. The number of nitrogens with zero attached hydrogens (tertiary/aromatic N) is 3. The normalized spacial score (nSPS) is 10.6. The molecule has 7 nitrogen and oxygen atoms in total. The van der Waals surface area contributed by atoms with E-state index in [4.69, 9.17) is 18.6 Å². The van der Waals surface area contributed by atoms with Crippen molar-refractivity contribution in [2.75, 3.05) is 14.1 Å². The van der Waals surface area contributed by atoms with Crippen LogP contribution in [0.3, 0.4) is 0 Å². The summed E-state index contributed by atoms with van der Waals surface area (Å²) in [6.07, 6.45) is 3.61. The Bertz CT molecular complexity index is 569. The van der Waals surface area contributed by atoms with Gasteiger partial charge in [0.2, 0.25) is 0 Å². The largest absolute Gasteiger partial charge is 0.333 e. The van der Waals surface area contributed by atoms with Gasteiger partial charge in [0.1, 0.15) is 19.1 Å². The number of rotatable bonds is 1.